The van der Waals surface area contributed by atoms with Crippen molar-refractivity contribution in [1.82, 2.24) is 4.90 Å². The fourth-order valence-electron chi connectivity index (χ4n) is 2.59. The van der Waals surface area contributed by atoms with Crippen LogP contribution in [0.1, 0.15) is 25.0 Å². The number of hydrogen-bond donors (Lipinski definition) is 1. The lowest BCUT2D eigenvalue weighted by molar-refractivity contribution is 0.0836. The predicted octanol–water partition coefficient (Wildman–Crippen LogP) is 2.93. The Balaban J connectivity index is 1.95. The largest absolute Gasteiger partial charge is 0.388 e. The molecule has 106 valence electrons. The van der Waals surface area contributed by atoms with Gasteiger partial charge >= 0.3 is 0 Å². The number of aliphatic hydroxyl groups excluding tert-OH is 1. The molecule has 1 fully saturated rings. The third-order valence-corrected chi connectivity index (χ3v) is 5.01. The molecule has 0 amide bonds. The summed E-state index contributed by atoms with van der Waals surface area (Å²) in [5.41, 5.74) is 0.407. The van der Waals surface area contributed by atoms with E-state index in [0.717, 1.165) is 6.54 Å². The van der Waals surface area contributed by atoms with Gasteiger partial charge in [-0.15, -0.1) is 0 Å². The van der Waals surface area contributed by atoms with E-state index in [4.69, 9.17) is 0 Å². The lowest BCUT2D eigenvalue weighted by atomic mass is 9.96. The third-order valence-electron chi connectivity index (χ3n) is 3.87. The highest BCUT2D eigenvalue weighted by molar-refractivity contribution is 7.99. The van der Waals surface area contributed by atoms with E-state index in [-0.39, 0.29) is 11.7 Å². The zero-order chi connectivity index (χ0) is 13.8. The van der Waals surface area contributed by atoms with Crippen molar-refractivity contribution in [3.8, 4) is 0 Å². The van der Waals surface area contributed by atoms with Crippen LogP contribution in [0.3, 0.4) is 0 Å². The van der Waals surface area contributed by atoms with Gasteiger partial charge in [0.15, 0.2) is 0 Å². The van der Waals surface area contributed by atoms with Gasteiger partial charge in [0.05, 0.1) is 6.10 Å². The molecule has 0 spiro atoms. The molecular weight excluding hydrogens is 261 g/mol. The van der Waals surface area contributed by atoms with E-state index in [1.807, 2.05) is 18.7 Å². The number of nitrogens with zero attached hydrogens (tertiary/aromatic N) is 1. The highest BCUT2D eigenvalue weighted by Crippen LogP contribution is 2.27. The number of benzene rings is 1. The van der Waals surface area contributed by atoms with E-state index in [1.54, 1.807) is 18.2 Å². The van der Waals surface area contributed by atoms with Crippen molar-refractivity contribution < 1.29 is 9.50 Å². The van der Waals surface area contributed by atoms with Gasteiger partial charge in [-0.3, -0.25) is 0 Å². The van der Waals surface area contributed by atoms with Crippen LogP contribution < -0.4 is 0 Å². The zero-order valence-corrected chi connectivity index (χ0v) is 12.4. The Morgan fingerprint density at radius 1 is 1.47 bits per heavy atom. The molecule has 1 aliphatic heterocycles. The summed E-state index contributed by atoms with van der Waals surface area (Å²) in [5.74, 6) is 2.09. The minimum absolute atomic E-state index is 0.0208. The normalized spacial score (nSPS) is 22.7. The van der Waals surface area contributed by atoms with Crippen molar-refractivity contribution in [3.05, 3.63) is 35.6 Å². The molecule has 1 N–H and O–H groups in total. The van der Waals surface area contributed by atoms with Crippen molar-refractivity contribution in [1.29, 1.82) is 0 Å². The highest BCUT2D eigenvalue weighted by Gasteiger charge is 2.25. The van der Waals surface area contributed by atoms with Crippen molar-refractivity contribution >= 4 is 11.8 Å². The highest BCUT2D eigenvalue weighted by atomic mass is 32.2. The summed E-state index contributed by atoms with van der Waals surface area (Å²) < 4.78 is 13.7. The van der Waals surface area contributed by atoms with Gasteiger partial charge in [-0.05, 0) is 31.2 Å². The summed E-state index contributed by atoms with van der Waals surface area (Å²) in [5, 5.41) is 10.3. The molecule has 3 unspecified atom stereocenters. The monoisotopic (exact) mass is 283 g/mol. The number of halogens is 1. The standard InChI is InChI=1S/C15H22FNOS/c1-11(9-17(2)12-7-8-19-10-12)15(18)13-5-3-4-6-14(13)16/h3-6,11-12,15,18H,7-10H2,1-2H3. The van der Waals surface area contributed by atoms with E-state index in [2.05, 4.69) is 11.9 Å². The molecule has 1 aromatic rings. The van der Waals surface area contributed by atoms with E-state index in [9.17, 15) is 9.50 Å². The smallest absolute Gasteiger partial charge is 0.129 e. The molecule has 0 aromatic heterocycles. The van der Waals surface area contributed by atoms with Crippen LogP contribution >= 0.6 is 11.8 Å². The average Bonchev–Trinajstić information content (AvgIpc) is 2.92. The second kappa shape index (κ2) is 6.73. The second-order valence-electron chi connectivity index (χ2n) is 5.40. The SMILES string of the molecule is CC(CN(C)C1CCSC1)C(O)c1ccccc1F. The van der Waals surface area contributed by atoms with Gasteiger partial charge in [-0.1, -0.05) is 25.1 Å². The number of hydrogen-bond acceptors (Lipinski definition) is 3. The van der Waals surface area contributed by atoms with Gasteiger partial charge in [0.25, 0.3) is 0 Å². The minimum atomic E-state index is -0.738. The molecule has 3 atom stereocenters. The van der Waals surface area contributed by atoms with Gasteiger partial charge in [-0.25, -0.2) is 4.39 Å². The summed E-state index contributed by atoms with van der Waals surface area (Å²) >= 11 is 1.98. The van der Waals surface area contributed by atoms with Crippen molar-refractivity contribution in [3.63, 3.8) is 0 Å². The maximum atomic E-state index is 13.7. The van der Waals surface area contributed by atoms with E-state index >= 15 is 0 Å². The van der Waals surface area contributed by atoms with Crippen molar-refractivity contribution in [2.45, 2.75) is 25.5 Å². The Hall–Kier alpha value is -0.580. The molecule has 19 heavy (non-hydrogen) atoms. The van der Waals surface area contributed by atoms with Gasteiger partial charge in [0, 0.05) is 23.9 Å². The second-order valence-corrected chi connectivity index (χ2v) is 6.55. The Morgan fingerprint density at radius 2 is 2.21 bits per heavy atom. The van der Waals surface area contributed by atoms with Crippen molar-refractivity contribution in [2.24, 2.45) is 5.92 Å². The van der Waals surface area contributed by atoms with Gasteiger partial charge < -0.3 is 10.0 Å². The molecule has 1 aliphatic rings. The van der Waals surface area contributed by atoms with E-state index in [1.165, 1.54) is 24.0 Å². The predicted molar refractivity (Wildman–Crippen MR) is 78.9 cm³/mol. The summed E-state index contributed by atoms with van der Waals surface area (Å²) in [4.78, 5) is 2.30. The lowest BCUT2D eigenvalue weighted by Crippen LogP contribution is -2.36. The molecule has 1 saturated heterocycles. The fraction of sp³-hybridized carbons (Fsp3) is 0.600. The molecule has 0 bridgehead atoms. The lowest BCUT2D eigenvalue weighted by Gasteiger charge is -2.29. The summed E-state index contributed by atoms with van der Waals surface area (Å²) in [6.45, 7) is 2.77. The average molecular weight is 283 g/mol. The van der Waals surface area contributed by atoms with Crippen LogP contribution in [-0.2, 0) is 0 Å². The summed E-state index contributed by atoms with van der Waals surface area (Å²) in [7, 11) is 2.10. The molecule has 0 radical (unpaired) electrons. The van der Waals surface area contributed by atoms with Crippen LogP contribution in [0.15, 0.2) is 24.3 Å². The molecule has 2 nitrogen and oxygen atoms in total. The van der Waals surface area contributed by atoms with Crippen LogP contribution in [0.2, 0.25) is 0 Å². The van der Waals surface area contributed by atoms with Gasteiger partial charge in [0.2, 0.25) is 0 Å². The molecule has 0 saturated carbocycles. The Bertz CT molecular complexity index is 409. The first-order chi connectivity index (χ1) is 9.09. The topological polar surface area (TPSA) is 23.5 Å². The van der Waals surface area contributed by atoms with Crippen LogP contribution in [-0.4, -0.2) is 41.1 Å². The fourth-order valence-corrected chi connectivity index (χ4v) is 3.89. The third kappa shape index (κ3) is 3.71. The Labute approximate surface area is 119 Å². The molecule has 1 heterocycles. The van der Waals surface area contributed by atoms with E-state index in [0.29, 0.717) is 11.6 Å². The first kappa shape index (κ1) is 14.8. The summed E-state index contributed by atoms with van der Waals surface area (Å²) in [6.07, 6.45) is 0.474. The van der Waals surface area contributed by atoms with Crippen LogP contribution in [0.4, 0.5) is 4.39 Å². The Kier molecular flexibility index (Phi) is 5.25. The maximum absolute atomic E-state index is 13.7. The molecule has 1 aromatic carbocycles. The van der Waals surface area contributed by atoms with Gasteiger partial charge in [-0.2, -0.15) is 11.8 Å². The first-order valence-electron chi connectivity index (χ1n) is 6.80. The quantitative estimate of drug-likeness (QED) is 0.899. The van der Waals surface area contributed by atoms with Gasteiger partial charge in [0.1, 0.15) is 5.82 Å². The summed E-state index contributed by atoms with van der Waals surface area (Å²) in [6, 6.07) is 7.09. The molecular formula is C15H22FNOS. The number of thioether (sulfide) groups is 1. The van der Waals surface area contributed by atoms with Crippen LogP contribution in [0, 0.1) is 11.7 Å². The van der Waals surface area contributed by atoms with Crippen molar-refractivity contribution in [2.75, 3.05) is 25.1 Å². The molecule has 2 rings (SSSR count). The van der Waals surface area contributed by atoms with Crippen LogP contribution in [0.25, 0.3) is 0 Å². The zero-order valence-electron chi connectivity index (χ0n) is 11.6. The number of rotatable bonds is 5. The minimum Gasteiger partial charge on any atom is -0.388 e. The maximum Gasteiger partial charge on any atom is 0.129 e. The molecule has 0 aliphatic carbocycles. The first-order valence-corrected chi connectivity index (χ1v) is 7.95. The van der Waals surface area contributed by atoms with E-state index < -0.39 is 6.10 Å². The Morgan fingerprint density at radius 3 is 2.84 bits per heavy atom. The molecule has 4 heteroatoms. The van der Waals surface area contributed by atoms with Crippen LogP contribution in [0.5, 0.6) is 0 Å². The number of aliphatic hydroxyl groups is 1.